The standard InChI is InChI=1S/C22H29N3O2.2ClH/c1-17(19-7-5-8-20(16-19)27-2)24-12-14-25(15-13-24)22(26)11-10-18-6-3-4-9-21(18)23;;/h3-9,16-17H,10-15,23H2,1-2H3;2*1H. The Hall–Kier alpha value is -1.95. The number of hydrogen-bond donors (Lipinski definition) is 1. The molecule has 2 aromatic rings. The molecule has 0 aliphatic carbocycles. The summed E-state index contributed by atoms with van der Waals surface area (Å²) >= 11 is 0. The number of rotatable bonds is 6. The van der Waals surface area contributed by atoms with Crippen LogP contribution in [0.4, 0.5) is 5.69 Å². The first-order chi connectivity index (χ1) is 13.1. The van der Waals surface area contributed by atoms with Gasteiger partial charge in [-0.2, -0.15) is 0 Å². The van der Waals surface area contributed by atoms with E-state index in [2.05, 4.69) is 24.0 Å². The van der Waals surface area contributed by atoms with Crippen molar-refractivity contribution in [2.75, 3.05) is 39.0 Å². The molecule has 1 aliphatic heterocycles. The Bertz CT molecular complexity index is 780. The zero-order chi connectivity index (χ0) is 19.2. The lowest BCUT2D eigenvalue weighted by molar-refractivity contribution is -0.133. The minimum atomic E-state index is 0. The van der Waals surface area contributed by atoms with E-state index in [0.717, 1.165) is 43.2 Å². The van der Waals surface area contributed by atoms with Gasteiger partial charge in [-0.05, 0) is 42.7 Å². The number of benzene rings is 2. The molecule has 7 heteroatoms. The molecule has 2 N–H and O–H groups in total. The molecule has 1 unspecified atom stereocenters. The third kappa shape index (κ3) is 6.53. The van der Waals surface area contributed by atoms with E-state index in [1.807, 2.05) is 41.3 Å². The molecule has 1 saturated heterocycles. The van der Waals surface area contributed by atoms with E-state index >= 15 is 0 Å². The molecule has 2 aromatic carbocycles. The first kappa shape index (κ1) is 25.1. The van der Waals surface area contributed by atoms with E-state index in [4.69, 9.17) is 10.5 Å². The summed E-state index contributed by atoms with van der Waals surface area (Å²) in [5.74, 6) is 1.10. The SMILES string of the molecule is COc1cccc(C(C)N2CCN(C(=O)CCc3ccccc3N)CC2)c1.Cl.Cl. The van der Waals surface area contributed by atoms with E-state index in [-0.39, 0.29) is 30.7 Å². The smallest absolute Gasteiger partial charge is 0.222 e. The van der Waals surface area contributed by atoms with Crippen LogP contribution in [0.5, 0.6) is 5.75 Å². The number of carbonyl (C=O) groups is 1. The average molecular weight is 440 g/mol. The number of amides is 1. The molecular formula is C22H31Cl2N3O2. The molecule has 1 aliphatic rings. The van der Waals surface area contributed by atoms with Crippen molar-refractivity contribution in [1.29, 1.82) is 0 Å². The van der Waals surface area contributed by atoms with Crippen LogP contribution >= 0.6 is 24.8 Å². The van der Waals surface area contributed by atoms with Crippen molar-refractivity contribution in [3.8, 4) is 5.75 Å². The number of methoxy groups -OCH3 is 1. The van der Waals surface area contributed by atoms with Crippen molar-refractivity contribution in [1.82, 2.24) is 9.80 Å². The van der Waals surface area contributed by atoms with Gasteiger partial charge in [-0.3, -0.25) is 9.69 Å². The molecule has 3 rings (SSSR count). The van der Waals surface area contributed by atoms with Crippen LogP contribution in [0.1, 0.15) is 30.5 Å². The topological polar surface area (TPSA) is 58.8 Å². The number of halogens is 2. The highest BCUT2D eigenvalue weighted by Crippen LogP contribution is 2.25. The lowest BCUT2D eigenvalue weighted by Crippen LogP contribution is -2.49. The predicted octanol–water partition coefficient (Wildman–Crippen LogP) is 3.96. The van der Waals surface area contributed by atoms with Gasteiger partial charge in [-0.25, -0.2) is 0 Å². The number of aryl methyl sites for hydroxylation is 1. The fraction of sp³-hybridized carbons (Fsp3) is 0.409. The van der Waals surface area contributed by atoms with Gasteiger partial charge >= 0.3 is 0 Å². The summed E-state index contributed by atoms with van der Waals surface area (Å²) in [6.45, 7) is 5.54. The summed E-state index contributed by atoms with van der Waals surface area (Å²) in [5.41, 5.74) is 9.03. The number of para-hydroxylation sites is 1. The molecular weight excluding hydrogens is 409 g/mol. The first-order valence-electron chi connectivity index (χ1n) is 9.57. The van der Waals surface area contributed by atoms with Gasteiger partial charge in [0.15, 0.2) is 0 Å². The molecule has 29 heavy (non-hydrogen) atoms. The van der Waals surface area contributed by atoms with Crippen molar-refractivity contribution < 1.29 is 9.53 Å². The zero-order valence-electron chi connectivity index (χ0n) is 17.0. The van der Waals surface area contributed by atoms with Crippen LogP contribution in [-0.4, -0.2) is 49.0 Å². The van der Waals surface area contributed by atoms with Gasteiger partial charge in [0.05, 0.1) is 7.11 Å². The van der Waals surface area contributed by atoms with Gasteiger partial charge in [0.25, 0.3) is 0 Å². The number of ether oxygens (including phenoxy) is 1. The van der Waals surface area contributed by atoms with E-state index in [1.165, 1.54) is 5.56 Å². The van der Waals surface area contributed by atoms with E-state index in [9.17, 15) is 4.79 Å². The summed E-state index contributed by atoms with van der Waals surface area (Å²) in [4.78, 5) is 17.0. The van der Waals surface area contributed by atoms with Crippen LogP contribution in [-0.2, 0) is 11.2 Å². The van der Waals surface area contributed by atoms with E-state index < -0.39 is 0 Å². The highest BCUT2D eigenvalue weighted by Gasteiger charge is 2.24. The van der Waals surface area contributed by atoms with E-state index in [1.54, 1.807) is 7.11 Å². The molecule has 0 spiro atoms. The zero-order valence-corrected chi connectivity index (χ0v) is 18.7. The fourth-order valence-electron chi connectivity index (χ4n) is 3.63. The number of nitrogens with zero attached hydrogens (tertiary/aromatic N) is 2. The predicted molar refractivity (Wildman–Crippen MR) is 123 cm³/mol. The Morgan fingerprint density at radius 1 is 1.07 bits per heavy atom. The van der Waals surface area contributed by atoms with Crippen LogP contribution in [0, 0.1) is 0 Å². The van der Waals surface area contributed by atoms with Crippen LogP contribution < -0.4 is 10.5 Å². The van der Waals surface area contributed by atoms with Crippen molar-refractivity contribution in [2.45, 2.75) is 25.8 Å². The lowest BCUT2D eigenvalue weighted by atomic mass is 10.0. The second-order valence-electron chi connectivity index (χ2n) is 7.07. The van der Waals surface area contributed by atoms with Crippen molar-refractivity contribution in [3.63, 3.8) is 0 Å². The molecule has 0 saturated carbocycles. The molecule has 0 aromatic heterocycles. The number of anilines is 1. The Labute approximate surface area is 186 Å². The summed E-state index contributed by atoms with van der Waals surface area (Å²) in [5, 5.41) is 0. The molecule has 1 amide bonds. The Morgan fingerprint density at radius 2 is 1.76 bits per heavy atom. The second kappa shape index (κ2) is 11.9. The largest absolute Gasteiger partial charge is 0.497 e. The van der Waals surface area contributed by atoms with Gasteiger partial charge in [0.1, 0.15) is 5.75 Å². The highest BCUT2D eigenvalue weighted by molar-refractivity contribution is 5.85. The third-order valence-electron chi connectivity index (χ3n) is 5.45. The minimum absolute atomic E-state index is 0. The third-order valence-corrected chi connectivity index (χ3v) is 5.45. The van der Waals surface area contributed by atoms with Crippen LogP contribution in [0.2, 0.25) is 0 Å². The van der Waals surface area contributed by atoms with Crippen molar-refractivity contribution >= 4 is 36.4 Å². The molecule has 1 heterocycles. The molecule has 1 fully saturated rings. The molecule has 160 valence electrons. The number of hydrogen-bond acceptors (Lipinski definition) is 4. The monoisotopic (exact) mass is 439 g/mol. The van der Waals surface area contributed by atoms with Crippen LogP contribution in [0.25, 0.3) is 0 Å². The summed E-state index contributed by atoms with van der Waals surface area (Å²) in [7, 11) is 1.69. The fourth-order valence-corrected chi connectivity index (χ4v) is 3.63. The lowest BCUT2D eigenvalue weighted by Gasteiger charge is -2.38. The number of nitrogens with two attached hydrogens (primary N) is 1. The second-order valence-corrected chi connectivity index (χ2v) is 7.07. The number of nitrogen functional groups attached to an aromatic ring is 1. The van der Waals surface area contributed by atoms with Gasteiger partial charge in [-0.15, -0.1) is 24.8 Å². The normalized spacial score (nSPS) is 15.0. The number of carbonyl (C=O) groups excluding carboxylic acids is 1. The minimum Gasteiger partial charge on any atom is -0.497 e. The first-order valence-corrected chi connectivity index (χ1v) is 9.57. The Balaban J connectivity index is 0.00000210. The van der Waals surface area contributed by atoms with Gasteiger partial charge < -0.3 is 15.4 Å². The quantitative estimate of drug-likeness (QED) is 0.691. The maximum atomic E-state index is 12.6. The molecule has 1 atom stereocenters. The highest BCUT2D eigenvalue weighted by atomic mass is 35.5. The Morgan fingerprint density at radius 3 is 2.41 bits per heavy atom. The van der Waals surface area contributed by atoms with Gasteiger partial charge in [0, 0.05) is 44.3 Å². The molecule has 5 nitrogen and oxygen atoms in total. The average Bonchev–Trinajstić information content (AvgIpc) is 2.72. The summed E-state index contributed by atoms with van der Waals surface area (Å²) < 4.78 is 5.33. The van der Waals surface area contributed by atoms with Gasteiger partial charge in [0.2, 0.25) is 5.91 Å². The van der Waals surface area contributed by atoms with Crippen LogP contribution in [0.3, 0.4) is 0 Å². The Kier molecular flexibility index (Phi) is 10.3. The molecule has 0 radical (unpaired) electrons. The maximum absolute atomic E-state index is 12.6. The van der Waals surface area contributed by atoms with E-state index in [0.29, 0.717) is 18.9 Å². The van der Waals surface area contributed by atoms with Crippen molar-refractivity contribution in [3.05, 3.63) is 59.7 Å². The molecule has 0 bridgehead atoms. The maximum Gasteiger partial charge on any atom is 0.222 e. The summed E-state index contributed by atoms with van der Waals surface area (Å²) in [6, 6.07) is 16.3. The number of piperazine rings is 1. The van der Waals surface area contributed by atoms with Crippen molar-refractivity contribution in [2.24, 2.45) is 0 Å². The van der Waals surface area contributed by atoms with Gasteiger partial charge in [-0.1, -0.05) is 30.3 Å². The van der Waals surface area contributed by atoms with Crippen LogP contribution in [0.15, 0.2) is 48.5 Å². The summed E-state index contributed by atoms with van der Waals surface area (Å²) in [6.07, 6.45) is 1.21.